The fraction of sp³-hybridized carbons (Fsp3) is 0.533. The molecular formula is C15H21NO2. The van der Waals surface area contributed by atoms with Gasteiger partial charge in [-0.25, -0.2) is 4.79 Å². The van der Waals surface area contributed by atoms with Gasteiger partial charge in [-0.2, -0.15) is 0 Å². The SMILES string of the molecule is COC(=O)C(NCC1CC1)c1c(C)cccc1C. The second kappa shape index (κ2) is 5.53. The van der Waals surface area contributed by atoms with Crippen LogP contribution in [0.3, 0.4) is 0 Å². The highest BCUT2D eigenvalue weighted by Gasteiger charge is 2.28. The summed E-state index contributed by atoms with van der Waals surface area (Å²) in [6, 6.07) is 5.76. The quantitative estimate of drug-likeness (QED) is 0.812. The number of rotatable bonds is 5. The molecular weight excluding hydrogens is 226 g/mol. The predicted octanol–water partition coefficient (Wildman–Crippen LogP) is 2.52. The van der Waals surface area contributed by atoms with Gasteiger partial charge in [-0.1, -0.05) is 18.2 Å². The van der Waals surface area contributed by atoms with Crippen LogP contribution >= 0.6 is 0 Å². The highest BCUT2D eigenvalue weighted by atomic mass is 16.5. The van der Waals surface area contributed by atoms with Crippen molar-refractivity contribution in [2.75, 3.05) is 13.7 Å². The third-order valence-corrected chi connectivity index (χ3v) is 3.58. The summed E-state index contributed by atoms with van der Waals surface area (Å²) in [5.41, 5.74) is 3.33. The van der Waals surface area contributed by atoms with E-state index in [0.29, 0.717) is 0 Å². The van der Waals surface area contributed by atoms with Crippen LogP contribution in [0.15, 0.2) is 18.2 Å². The molecule has 1 atom stereocenters. The molecule has 0 saturated heterocycles. The molecule has 0 aromatic heterocycles. The Labute approximate surface area is 109 Å². The number of carbonyl (C=O) groups is 1. The van der Waals surface area contributed by atoms with Crippen molar-refractivity contribution >= 4 is 5.97 Å². The van der Waals surface area contributed by atoms with Crippen molar-refractivity contribution in [2.45, 2.75) is 32.7 Å². The van der Waals surface area contributed by atoms with Crippen molar-refractivity contribution in [1.82, 2.24) is 5.32 Å². The lowest BCUT2D eigenvalue weighted by molar-refractivity contribution is -0.143. The van der Waals surface area contributed by atoms with Crippen molar-refractivity contribution in [3.05, 3.63) is 34.9 Å². The molecule has 2 rings (SSSR count). The van der Waals surface area contributed by atoms with Gasteiger partial charge >= 0.3 is 5.97 Å². The van der Waals surface area contributed by atoms with Crippen LogP contribution in [0, 0.1) is 19.8 Å². The molecule has 1 aromatic carbocycles. The summed E-state index contributed by atoms with van der Waals surface area (Å²) < 4.78 is 4.93. The van der Waals surface area contributed by atoms with Gasteiger partial charge in [0.2, 0.25) is 0 Å². The summed E-state index contributed by atoms with van der Waals surface area (Å²) in [7, 11) is 1.45. The summed E-state index contributed by atoms with van der Waals surface area (Å²) in [6.45, 7) is 4.97. The lowest BCUT2D eigenvalue weighted by Crippen LogP contribution is -2.32. The Morgan fingerprint density at radius 2 is 2.00 bits per heavy atom. The first-order valence-electron chi connectivity index (χ1n) is 6.50. The minimum atomic E-state index is -0.336. The summed E-state index contributed by atoms with van der Waals surface area (Å²) >= 11 is 0. The second-order valence-corrected chi connectivity index (χ2v) is 5.11. The molecule has 1 unspecified atom stereocenters. The lowest BCUT2D eigenvalue weighted by atomic mass is 9.96. The van der Waals surface area contributed by atoms with Crippen molar-refractivity contribution in [3.8, 4) is 0 Å². The molecule has 1 aliphatic carbocycles. The number of hydrogen-bond donors (Lipinski definition) is 1. The van der Waals surface area contributed by atoms with Crippen LogP contribution in [0.4, 0.5) is 0 Å². The zero-order valence-electron chi connectivity index (χ0n) is 11.3. The van der Waals surface area contributed by atoms with Gasteiger partial charge in [0.15, 0.2) is 0 Å². The average Bonchev–Trinajstić information content (AvgIpc) is 3.16. The Bertz CT molecular complexity index is 418. The van der Waals surface area contributed by atoms with Crippen LogP contribution in [-0.4, -0.2) is 19.6 Å². The normalized spacial score (nSPS) is 16.4. The number of carbonyl (C=O) groups excluding carboxylic acids is 1. The maximum Gasteiger partial charge on any atom is 0.327 e. The fourth-order valence-electron chi connectivity index (χ4n) is 2.31. The number of ether oxygens (including phenoxy) is 1. The van der Waals surface area contributed by atoms with E-state index in [1.807, 2.05) is 32.0 Å². The number of nitrogens with one attached hydrogen (secondary N) is 1. The number of methoxy groups -OCH3 is 1. The zero-order valence-corrected chi connectivity index (χ0v) is 11.3. The molecule has 1 saturated carbocycles. The Kier molecular flexibility index (Phi) is 4.02. The minimum Gasteiger partial charge on any atom is -0.468 e. The highest BCUT2D eigenvalue weighted by Crippen LogP contribution is 2.30. The Morgan fingerprint density at radius 3 is 2.50 bits per heavy atom. The van der Waals surface area contributed by atoms with Crippen LogP contribution in [0.2, 0.25) is 0 Å². The molecule has 1 aromatic rings. The molecule has 0 bridgehead atoms. The van der Waals surface area contributed by atoms with Gasteiger partial charge < -0.3 is 10.1 Å². The molecule has 0 radical (unpaired) electrons. The van der Waals surface area contributed by atoms with E-state index >= 15 is 0 Å². The molecule has 1 fully saturated rings. The Hall–Kier alpha value is -1.35. The van der Waals surface area contributed by atoms with E-state index in [9.17, 15) is 4.79 Å². The average molecular weight is 247 g/mol. The van der Waals surface area contributed by atoms with Gasteiger partial charge in [-0.05, 0) is 55.8 Å². The van der Waals surface area contributed by atoms with Gasteiger partial charge in [0.25, 0.3) is 0 Å². The first-order valence-corrected chi connectivity index (χ1v) is 6.50. The van der Waals surface area contributed by atoms with Gasteiger partial charge in [0.05, 0.1) is 7.11 Å². The monoisotopic (exact) mass is 247 g/mol. The second-order valence-electron chi connectivity index (χ2n) is 5.11. The summed E-state index contributed by atoms with van der Waals surface area (Å²) in [5.74, 6) is 0.537. The highest BCUT2D eigenvalue weighted by molar-refractivity contribution is 5.78. The fourth-order valence-corrected chi connectivity index (χ4v) is 2.31. The lowest BCUT2D eigenvalue weighted by Gasteiger charge is -2.20. The van der Waals surface area contributed by atoms with Crippen LogP contribution in [-0.2, 0) is 9.53 Å². The smallest absolute Gasteiger partial charge is 0.327 e. The molecule has 1 aliphatic rings. The number of benzene rings is 1. The largest absolute Gasteiger partial charge is 0.468 e. The molecule has 1 N–H and O–H groups in total. The third-order valence-electron chi connectivity index (χ3n) is 3.58. The molecule has 18 heavy (non-hydrogen) atoms. The minimum absolute atomic E-state index is 0.201. The molecule has 3 nitrogen and oxygen atoms in total. The predicted molar refractivity (Wildman–Crippen MR) is 71.4 cm³/mol. The standard InChI is InChI=1S/C15H21NO2/c1-10-5-4-6-11(2)13(10)14(15(17)18-3)16-9-12-7-8-12/h4-6,12,14,16H,7-9H2,1-3H3. The topological polar surface area (TPSA) is 38.3 Å². The van der Waals surface area contributed by atoms with Gasteiger partial charge in [-0.15, -0.1) is 0 Å². The van der Waals surface area contributed by atoms with Crippen LogP contribution in [0.1, 0.15) is 35.6 Å². The third kappa shape index (κ3) is 2.91. The first-order chi connectivity index (χ1) is 8.63. The van der Waals surface area contributed by atoms with Crippen LogP contribution in [0.25, 0.3) is 0 Å². The number of aryl methyl sites for hydroxylation is 2. The van der Waals surface area contributed by atoms with E-state index < -0.39 is 0 Å². The summed E-state index contributed by atoms with van der Waals surface area (Å²) in [5, 5.41) is 3.36. The number of hydrogen-bond acceptors (Lipinski definition) is 3. The van der Waals surface area contributed by atoms with Crippen LogP contribution in [0.5, 0.6) is 0 Å². The molecule has 0 spiro atoms. The Balaban J connectivity index is 2.22. The summed E-state index contributed by atoms with van der Waals surface area (Å²) in [6.07, 6.45) is 2.54. The summed E-state index contributed by atoms with van der Waals surface area (Å²) in [4.78, 5) is 12.0. The maximum absolute atomic E-state index is 12.0. The van der Waals surface area contributed by atoms with E-state index in [2.05, 4.69) is 5.32 Å². The molecule has 3 heteroatoms. The van der Waals surface area contributed by atoms with Crippen molar-refractivity contribution < 1.29 is 9.53 Å². The van der Waals surface area contributed by atoms with Gasteiger partial charge in [0, 0.05) is 0 Å². The van der Waals surface area contributed by atoms with Gasteiger partial charge in [0.1, 0.15) is 6.04 Å². The van der Waals surface area contributed by atoms with E-state index in [1.54, 1.807) is 0 Å². The van der Waals surface area contributed by atoms with E-state index in [-0.39, 0.29) is 12.0 Å². The van der Waals surface area contributed by atoms with Crippen molar-refractivity contribution in [3.63, 3.8) is 0 Å². The van der Waals surface area contributed by atoms with E-state index in [0.717, 1.165) is 29.2 Å². The van der Waals surface area contributed by atoms with Crippen LogP contribution < -0.4 is 5.32 Å². The molecule has 0 aliphatic heterocycles. The molecule has 0 amide bonds. The Morgan fingerprint density at radius 1 is 1.39 bits per heavy atom. The van der Waals surface area contributed by atoms with E-state index in [4.69, 9.17) is 4.74 Å². The first kappa shape index (κ1) is 13.1. The maximum atomic E-state index is 12.0. The number of esters is 1. The van der Waals surface area contributed by atoms with Gasteiger partial charge in [-0.3, -0.25) is 0 Å². The zero-order chi connectivity index (χ0) is 13.1. The molecule has 0 heterocycles. The van der Waals surface area contributed by atoms with E-state index in [1.165, 1.54) is 20.0 Å². The van der Waals surface area contributed by atoms with Crippen molar-refractivity contribution in [1.29, 1.82) is 0 Å². The molecule has 98 valence electrons. The van der Waals surface area contributed by atoms with Crippen molar-refractivity contribution in [2.24, 2.45) is 5.92 Å².